The number of nitro groups is 1. The molecule has 1 amide bonds. The minimum Gasteiger partial charge on any atom is -0.452 e. The number of piperazine rings is 1. The molecule has 0 spiro atoms. The summed E-state index contributed by atoms with van der Waals surface area (Å²) < 4.78 is 5.08. The minimum absolute atomic E-state index is 0.0438. The molecule has 29 heavy (non-hydrogen) atoms. The molecule has 1 aliphatic heterocycles. The second-order valence-corrected chi connectivity index (χ2v) is 7.12. The maximum absolute atomic E-state index is 12.4. The number of pyridine rings is 1. The fourth-order valence-corrected chi connectivity index (χ4v) is 3.53. The first-order valence-corrected chi connectivity index (χ1v) is 10.2. The maximum Gasteiger partial charge on any atom is 0.338 e. The number of benzene rings is 1. The molecule has 0 radical (unpaired) electrons. The second-order valence-electron chi connectivity index (χ2n) is 6.28. The molecule has 1 saturated heterocycles. The smallest absolute Gasteiger partial charge is 0.338 e. The van der Waals surface area contributed by atoms with Crippen LogP contribution in [0.5, 0.6) is 0 Å². The number of ether oxygens (including phenoxy) is 1. The topological polar surface area (TPSA) is 106 Å². The second kappa shape index (κ2) is 9.37. The Morgan fingerprint density at radius 2 is 1.97 bits per heavy atom. The van der Waals surface area contributed by atoms with Gasteiger partial charge in [-0.2, -0.15) is 0 Å². The van der Waals surface area contributed by atoms with Gasteiger partial charge in [-0.05, 0) is 30.5 Å². The van der Waals surface area contributed by atoms with Crippen LogP contribution in [0, 0.1) is 10.1 Å². The van der Waals surface area contributed by atoms with Crippen molar-refractivity contribution >= 4 is 35.1 Å². The van der Waals surface area contributed by atoms with E-state index in [0.717, 1.165) is 5.82 Å². The van der Waals surface area contributed by atoms with Crippen molar-refractivity contribution in [2.45, 2.75) is 4.90 Å². The zero-order valence-electron chi connectivity index (χ0n) is 15.8. The van der Waals surface area contributed by atoms with Crippen molar-refractivity contribution in [3.8, 4) is 0 Å². The monoisotopic (exact) mass is 416 g/mol. The number of hydrogen-bond donors (Lipinski definition) is 0. The largest absolute Gasteiger partial charge is 0.452 e. The number of amides is 1. The van der Waals surface area contributed by atoms with Crippen LogP contribution in [0.1, 0.15) is 10.4 Å². The summed E-state index contributed by atoms with van der Waals surface area (Å²) in [6.45, 7) is 1.88. The van der Waals surface area contributed by atoms with Gasteiger partial charge < -0.3 is 14.5 Å². The Labute approximate surface area is 171 Å². The highest BCUT2D eigenvalue weighted by Crippen LogP contribution is 2.28. The van der Waals surface area contributed by atoms with E-state index in [4.69, 9.17) is 4.74 Å². The lowest BCUT2D eigenvalue weighted by Gasteiger charge is -2.35. The van der Waals surface area contributed by atoms with Gasteiger partial charge in [0.25, 0.3) is 11.6 Å². The molecule has 0 N–H and O–H groups in total. The van der Waals surface area contributed by atoms with Gasteiger partial charge in [0, 0.05) is 38.4 Å². The van der Waals surface area contributed by atoms with Crippen molar-refractivity contribution in [1.29, 1.82) is 0 Å². The molecular formula is C19H20N4O5S. The number of thioether (sulfide) groups is 1. The van der Waals surface area contributed by atoms with Crippen molar-refractivity contribution in [2.75, 3.05) is 43.9 Å². The normalized spacial score (nSPS) is 13.8. The third-order valence-corrected chi connectivity index (χ3v) is 5.33. The predicted molar refractivity (Wildman–Crippen MR) is 108 cm³/mol. The number of nitrogens with zero attached hydrogens (tertiary/aromatic N) is 4. The highest BCUT2D eigenvalue weighted by Gasteiger charge is 2.23. The van der Waals surface area contributed by atoms with Gasteiger partial charge in [-0.15, -0.1) is 11.8 Å². The first-order valence-electron chi connectivity index (χ1n) is 8.93. The molecule has 0 saturated carbocycles. The van der Waals surface area contributed by atoms with E-state index in [1.165, 1.54) is 30.0 Å². The van der Waals surface area contributed by atoms with E-state index >= 15 is 0 Å². The first kappa shape index (κ1) is 20.6. The Hall–Kier alpha value is -3.14. The van der Waals surface area contributed by atoms with E-state index in [9.17, 15) is 19.7 Å². The van der Waals surface area contributed by atoms with Gasteiger partial charge in [0.1, 0.15) is 5.82 Å². The molecule has 10 heteroatoms. The van der Waals surface area contributed by atoms with Crippen LogP contribution >= 0.6 is 11.8 Å². The van der Waals surface area contributed by atoms with Crippen LogP contribution in [-0.2, 0) is 9.53 Å². The zero-order chi connectivity index (χ0) is 20.8. The first-order chi connectivity index (χ1) is 14.0. The van der Waals surface area contributed by atoms with E-state index in [0.29, 0.717) is 31.1 Å². The molecule has 0 atom stereocenters. The highest BCUT2D eigenvalue weighted by atomic mass is 32.2. The van der Waals surface area contributed by atoms with Crippen LogP contribution in [0.25, 0.3) is 0 Å². The summed E-state index contributed by atoms with van der Waals surface area (Å²) in [5.74, 6) is -0.197. The Morgan fingerprint density at radius 1 is 1.21 bits per heavy atom. The van der Waals surface area contributed by atoms with Crippen molar-refractivity contribution in [2.24, 2.45) is 0 Å². The van der Waals surface area contributed by atoms with E-state index in [1.807, 2.05) is 18.2 Å². The van der Waals surface area contributed by atoms with Gasteiger partial charge in [-0.3, -0.25) is 14.9 Å². The summed E-state index contributed by atoms with van der Waals surface area (Å²) in [6.07, 6.45) is 3.44. The molecule has 0 aliphatic carbocycles. The van der Waals surface area contributed by atoms with Crippen molar-refractivity contribution in [3.63, 3.8) is 0 Å². The molecule has 152 valence electrons. The molecule has 3 rings (SSSR count). The summed E-state index contributed by atoms with van der Waals surface area (Å²) in [5, 5.41) is 11.1. The number of carbonyl (C=O) groups excluding carboxylic acids is 2. The highest BCUT2D eigenvalue weighted by molar-refractivity contribution is 7.98. The van der Waals surface area contributed by atoms with Gasteiger partial charge in [-0.1, -0.05) is 6.07 Å². The molecule has 1 aromatic heterocycles. The molecule has 0 unspecified atom stereocenters. The Morgan fingerprint density at radius 3 is 2.59 bits per heavy atom. The number of nitro benzene ring substituents is 1. The van der Waals surface area contributed by atoms with Crippen molar-refractivity contribution in [1.82, 2.24) is 9.88 Å². The molecular weight excluding hydrogens is 396 g/mol. The predicted octanol–water partition coefficient (Wildman–Crippen LogP) is 2.22. The van der Waals surface area contributed by atoms with Crippen LogP contribution in [-0.4, -0.2) is 65.7 Å². The molecule has 1 fully saturated rings. The summed E-state index contributed by atoms with van der Waals surface area (Å²) in [6, 6.07) is 9.80. The Balaban J connectivity index is 1.53. The summed E-state index contributed by atoms with van der Waals surface area (Å²) >= 11 is 1.22. The maximum atomic E-state index is 12.4. The molecule has 2 heterocycles. The lowest BCUT2D eigenvalue weighted by molar-refractivity contribution is -0.387. The SMILES string of the molecule is CSc1ccc(C(=O)OCC(=O)N2CCN(c3ccccn3)CC2)cc1[N+](=O)[O-]. The van der Waals surface area contributed by atoms with Gasteiger partial charge in [0.2, 0.25) is 0 Å². The third-order valence-electron chi connectivity index (χ3n) is 4.54. The Kier molecular flexibility index (Phi) is 6.65. The van der Waals surface area contributed by atoms with E-state index < -0.39 is 17.5 Å². The van der Waals surface area contributed by atoms with Gasteiger partial charge in [-0.25, -0.2) is 9.78 Å². The van der Waals surface area contributed by atoms with Crippen molar-refractivity contribution in [3.05, 3.63) is 58.3 Å². The Bertz CT molecular complexity index is 901. The standard InChI is InChI=1S/C19H20N4O5S/c1-29-16-6-5-14(12-15(16)23(26)27)19(25)28-13-18(24)22-10-8-21(9-11-22)17-4-2-3-7-20-17/h2-7,12H,8-11,13H2,1H3. The molecule has 1 aliphatic rings. The lowest BCUT2D eigenvalue weighted by Crippen LogP contribution is -2.50. The minimum atomic E-state index is -0.763. The number of hydrogen-bond acceptors (Lipinski definition) is 8. The van der Waals surface area contributed by atoms with Gasteiger partial charge in [0.05, 0.1) is 15.4 Å². The number of anilines is 1. The average Bonchev–Trinajstić information content (AvgIpc) is 2.77. The van der Waals surface area contributed by atoms with Crippen LogP contribution in [0.2, 0.25) is 0 Å². The van der Waals surface area contributed by atoms with Gasteiger partial charge in [0.15, 0.2) is 6.61 Å². The fraction of sp³-hybridized carbons (Fsp3) is 0.316. The fourth-order valence-electron chi connectivity index (χ4n) is 2.99. The number of carbonyl (C=O) groups is 2. The van der Waals surface area contributed by atoms with E-state index in [1.54, 1.807) is 17.4 Å². The quantitative estimate of drug-likeness (QED) is 0.305. The molecule has 2 aromatic rings. The summed E-state index contributed by atoms with van der Waals surface area (Å²) in [5.41, 5.74) is -0.119. The number of rotatable bonds is 6. The summed E-state index contributed by atoms with van der Waals surface area (Å²) in [7, 11) is 0. The van der Waals surface area contributed by atoms with Crippen LogP contribution in [0.4, 0.5) is 11.5 Å². The zero-order valence-corrected chi connectivity index (χ0v) is 16.6. The van der Waals surface area contributed by atoms with Crippen LogP contribution < -0.4 is 4.90 Å². The van der Waals surface area contributed by atoms with Gasteiger partial charge >= 0.3 is 5.97 Å². The van der Waals surface area contributed by atoms with Crippen molar-refractivity contribution < 1.29 is 19.2 Å². The van der Waals surface area contributed by atoms with E-state index in [2.05, 4.69) is 9.88 Å². The molecule has 1 aromatic carbocycles. The third kappa shape index (κ3) is 5.02. The average molecular weight is 416 g/mol. The number of esters is 1. The molecule has 9 nitrogen and oxygen atoms in total. The number of aromatic nitrogens is 1. The van der Waals surface area contributed by atoms with E-state index in [-0.39, 0.29) is 17.2 Å². The molecule has 0 bridgehead atoms. The lowest BCUT2D eigenvalue weighted by atomic mass is 10.2. The van der Waals surface area contributed by atoms with Crippen LogP contribution in [0.15, 0.2) is 47.5 Å². The summed E-state index contributed by atoms with van der Waals surface area (Å²) in [4.78, 5) is 43.6. The van der Waals surface area contributed by atoms with Crippen LogP contribution in [0.3, 0.4) is 0 Å².